The maximum Gasteiger partial charge on any atom is 0.242 e. The van der Waals surface area contributed by atoms with E-state index in [1.165, 1.54) is 34.1 Å². The number of fused-ring (bicyclic) bond motifs is 2. The van der Waals surface area contributed by atoms with Crippen molar-refractivity contribution >= 4 is 39.0 Å². The number of piperazine rings is 1. The Morgan fingerprint density at radius 3 is 2.12 bits per heavy atom. The molecule has 0 amide bonds. The van der Waals surface area contributed by atoms with E-state index in [2.05, 4.69) is 101 Å². The number of nitriles is 1. The van der Waals surface area contributed by atoms with Crippen molar-refractivity contribution in [3.8, 4) is 17.7 Å². The average Bonchev–Trinajstić information content (AvgIpc) is 3.60. The number of nitrogens with one attached hydrogen (secondary N) is 1. The maximum atomic E-state index is 15.2. The van der Waals surface area contributed by atoms with Crippen molar-refractivity contribution in [2.45, 2.75) is 41.0 Å². The first-order valence-electron chi connectivity index (χ1n) is 17.2. The lowest BCUT2D eigenvalue weighted by Crippen LogP contribution is -2.46. The van der Waals surface area contributed by atoms with Crippen molar-refractivity contribution in [1.82, 2.24) is 24.0 Å². The molecule has 0 aliphatic carbocycles. The normalized spacial score (nSPS) is 13.3. The van der Waals surface area contributed by atoms with E-state index in [0.29, 0.717) is 11.2 Å². The molecule has 7 rings (SSSR count). The fourth-order valence-corrected chi connectivity index (χ4v) is 6.64. The third-order valence-corrected chi connectivity index (χ3v) is 10.0. The quantitative estimate of drug-likeness (QED) is 0.183. The van der Waals surface area contributed by atoms with E-state index >= 15 is 4.39 Å². The molecule has 0 bridgehead atoms. The topological polar surface area (TPSA) is 87.2 Å². The molecule has 3 aromatic carbocycles. The summed E-state index contributed by atoms with van der Waals surface area (Å²) in [6, 6.07) is 22.0. The summed E-state index contributed by atoms with van der Waals surface area (Å²) >= 11 is 0. The third kappa shape index (κ3) is 6.74. The number of aryl methyl sites for hydroxylation is 6. The predicted molar refractivity (Wildman–Crippen MR) is 200 cm³/mol. The van der Waals surface area contributed by atoms with E-state index in [0.717, 1.165) is 61.7 Å². The number of anilines is 3. The van der Waals surface area contributed by atoms with Crippen molar-refractivity contribution in [2.24, 2.45) is 14.1 Å². The molecule has 1 aliphatic rings. The highest BCUT2D eigenvalue weighted by Crippen LogP contribution is 2.34. The van der Waals surface area contributed by atoms with Gasteiger partial charge in [-0.05, 0) is 99.5 Å². The van der Waals surface area contributed by atoms with Crippen LogP contribution in [0.25, 0.3) is 21.8 Å². The average molecular weight is 673 g/mol. The van der Waals surface area contributed by atoms with Gasteiger partial charge in [-0.1, -0.05) is 19.9 Å². The Kier molecular flexibility index (Phi) is 10.1. The first kappa shape index (κ1) is 34.5. The van der Waals surface area contributed by atoms with Gasteiger partial charge in [0.2, 0.25) is 5.88 Å². The second-order valence-corrected chi connectivity index (χ2v) is 12.8. The zero-order chi connectivity index (χ0) is 35.5. The van der Waals surface area contributed by atoms with Crippen molar-refractivity contribution in [1.29, 1.82) is 5.26 Å². The maximum absolute atomic E-state index is 15.2. The molecule has 0 radical (unpaired) electrons. The van der Waals surface area contributed by atoms with E-state index < -0.39 is 5.82 Å². The van der Waals surface area contributed by atoms with Crippen LogP contribution in [0, 0.1) is 37.9 Å². The molecule has 3 aromatic heterocycles. The van der Waals surface area contributed by atoms with E-state index in [1.54, 1.807) is 18.2 Å². The summed E-state index contributed by atoms with van der Waals surface area (Å²) in [5.74, 6) is -0.208. The lowest BCUT2D eigenvalue weighted by molar-refractivity contribution is 0.271. The SMILES string of the molecule is CCN1CCN(c2ccc(Nc3ncnc(Oc4ccc5c(cc(C)n5C)c4F)c3C#N)cc2)CC1.CCc1ccc2c(cc(C)n2C)c1C. The van der Waals surface area contributed by atoms with Crippen molar-refractivity contribution in [3.05, 3.63) is 101 Å². The summed E-state index contributed by atoms with van der Waals surface area (Å²) in [7, 11) is 4.01. The number of ether oxygens (including phenoxy) is 1. The number of halogens is 1. The van der Waals surface area contributed by atoms with Crippen LogP contribution >= 0.6 is 0 Å². The van der Waals surface area contributed by atoms with E-state index in [-0.39, 0.29) is 17.2 Å². The van der Waals surface area contributed by atoms with Gasteiger partial charge < -0.3 is 29.0 Å². The zero-order valence-electron chi connectivity index (χ0n) is 30.0. The number of benzene rings is 3. The molecule has 258 valence electrons. The van der Waals surface area contributed by atoms with Crippen LogP contribution in [0.3, 0.4) is 0 Å². The van der Waals surface area contributed by atoms with E-state index in [9.17, 15) is 5.26 Å². The number of nitrogens with zero attached hydrogens (tertiary/aromatic N) is 7. The molecule has 1 aliphatic heterocycles. The van der Waals surface area contributed by atoms with Crippen molar-refractivity contribution in [2.75, 3.05) is 42.9 Å². The van der Waals surface area contributed by atoms with Gasteiger partial charge in [-0.15, -0.1) is 0 Å². The summed E-state index contributed by atoms with van der Waals surface area (Å²) < 4.78 is 25.1. The molecule has 9 nitrogen and oxygen atoms in total. The van der Waals surface area contributed by atoms with Crippen LogP contribution in [-0.4, -0.2) is 56.7 Å². The molecule has 1 fully saturated rings. The smallest absolute Gasteiger partial charge is 0.242 e. The Morgan fingerprint density at radius 1 is 0.840 bits per heavy atom. The Hall–Kier alpha value is -5.40. The molecule has 0 spiro atoms. The van der Waals surface area contributed by atoms with Crippen molar-refractivity contribution < 1.29 is 9.13 Å². The molecular weight excluding hydrogens is 627 g/mol. The number of rotatable bonds is 7. The van der Waals surface area contributed by atoms with Gasteiger partial charge in [0.25, 0.3) is 0 Å². The second-order valence-electron chi connectivity index (χ2n) is 12.8. The summed E-state index contributed by atoms with van der Waals surface area (Å²) in [6.07, 6.45) is 2.42. The Labute approximate surface area is 293 Å². The highest BCUT2D eigenvalue weighted by molar-refractivity contribution is 5.86. The highest BCUT2D eigenvalue weighted by Gasteiger charge is 2.19. The minimum Gasteiger partial charge on any atom is -0.434 e. The van der Waals surface area contributed by atoms with Crippen LogP contribution in [0.15, 0.2) is 67.0 Å². The minimum atomic E-state index is -0.497. The summed E-state index contributed by atoms with van der Waals surface area (Å²) in [4.78, 5) is 13.1. The monoisotopic (exact) mass is 672 g/mol. The lowest BCUT2D eigenvalue weighted by atomic mass is 10.0. The van der Waals surface area contributed by atoms with Crippen LogP contribution in [0.5, 0.6) is 11.6 Å². The van der Waals surface area contributed by atoms with Crippen LogP contribution in [0.1, 0.15) is 41.9 Å². The van der Waals surface area contributed by atoms with Gasteiger partial charge >= 0.3 is 0 Å². The van der Waals surface area contributed by atoms with Gasteiger partial charge in [-0.3, -0.25) is 0 Å². The number of hydrogen-bond donors (Lipinski definition) is 1. The highest BCUT2D eigenvalue weighted by atomic mass is 19.1. The molecule has 50 heavy (non-hydrogen) atoms. The third-order valence-electron chi connectivity index (χ3n) is 10.0. The van der Waals surface area contributed by atoms with Gasteiger partial charge in [-0.25, -0.2) is 14.4 Å². The molecule has 0 atom stereocenters. The predicted octanol–water partition coefficient (Wildman–Crippen LogP) is 8.32. The first-order valence-corrected chi connectivity index (χ1v) is 17.2. The van der Waals surface area contributed by atoms with Crippen molar-refractivity contribution in [3.63, 3.8) is 0 Å². The van der Waals surface area contributed by atoms with Crippen LogP contribution in [0.2, 0.25) is 0 Å². The van der Waals surface area contributed by atoms with E-state index in [1.807, 2.05) is 30.7 Å². The molecule has 10 heteroatoms. The number of aromatic nitrogens is 4. The van der Waals surface area contributed by atoms with Crippen LogP contribution < -0.4 is 15.0 Å². The minimum absolute atomic E-state index is 0.00164. The molecule has 0 unspecified atom stereocenters. The Morgan fingerprint density at radius 2 is 1.48 bits per heavy atom. The fraction of sp³-hybridized carbons (Fsp3) is 0.325. The van der Waals surface area contributed by atoms with Crippen LogP contribution in [0.4, 0.5) is 21.6 Å². The molecular formula is C40H45FN8O. The van der Waals surface area contributed by atoms with Gasteiger partial charge in [0.05, 0.1) is 5.52 Å². The van der Waals surface area contributed by atoms with Gasteiger partial charge in [0, 0.05) is 79.3 Å². The molecule has 0 saturated carbocycles. The fourth-order valence-electron chi connectivity index (χ4n) is 6.64. The second kappa shape index (κ2) is 14.6. The Bertz CT molecular complexity index is 2190. The van der Waals surface area contributed by atoms with Gasteiger partial charge in [-0.2, -0.15) is 5.26 Å². The molecule has 6 aromatic rings. The summed E-state index contributed by atoms with van der Waals surface area (Å²) in [6.45, 7) is 15.9. The zero-order valence-corrected chi connectivity index (χ0v) is 30.0. The largest absolute Gasteiger partial charge is 0.434 e. The van der Waals surface area contributed by atoms with E-state index in [4.69, 9.17) is 4.74 Å². The molecule has 4 heterocycles. The summed E-state index contributed by atoms with van der Waals surface area (Å²) in [5, 5.41) is 14.9. The Balaban J connectivity index is 0.000000257. The summed E-state index contributed by atoms with van der Waals surface area (Å²) in [5.41, 5.74) is 9.30. The van der Waals surface area contributed by atoms with Crippen LogP contribution in [-0.2, 0) is 20.5 Å². The number of hydrogen-bond acceptors (Lipinski definition) is 7. The van der Waals surface area contributed by atoms with Gasteiger partial charge in [0.15, 0.2) is 22.9 Å². The standard InChI is InChI=1S/C27H28FN7O.C13H17N/c1-4-34-11-13-35(14-12-34)20-7-5-19(6-8-20)32-26-22(16-29)27(31-17-30-26)36-24-10-9-23-21(25(24)28)15-18(2)33(23)3;1-5-11-6-7-13-12(10(11)3)8-9(2)14(13)4/h5-10,15,17H,4,11-14H2,1-3H3,(H,30,31,32);6-8H,5H2,1-4H3. The molecule has 1 N–H and O–H groups in total. The first-order chi connectivity index (χ1) is 24.1. The molecule has 1 saturated heterocycles. The lowest BCUT2D eigenvalue weighted by Gasteiger charge is -2.35. The number of likely N-dealkylation sites (N-methyl/N-ethyl adjacent to an activating group) is 1. The van der Waals surface area contributed by atoms with Gasteiger partial charge in [0.1, 0.15) is 12.4 Å².